The zero-order valence-electron chi connectivity index (χ0n) is 10.3. The maximum atomic E-state index is 11.7. The Morgan fingerprint density at radius 1 is 1.53 bits per heavy atom. The maximum absolute atomic E-state index is 11.7. The lowest BCUT2D eigenvalue weighted by atomic mass is 10.0. The van der Waals surface area contributed by atoms with Gasteiger partial charge in [0, 0.05) is 25.4 Å². The molecule has 17 heavy (non-hydrogen) atoms. The number of ether oxygens (including phenoxy) is 1. The minimum Gasteiger partial charge on any atom is -0.480 e. The van der Waals surface area contributed by atoms with E-state index in [1.807, 2.05) is 0 Å². The van der Waals surface area contributed by atoms with Gasteiger partial charge in [0.1, 0.15) is 5.54 Å². The molecule has 0 aromatic heterocycles. The van der Waals surface area contributed by atoms with Crippen LogP contribution < -0.4 is 10.6 Å². The topological polar surface area (TPSA) is 87.7 Å². The molecule has 0 spiro atoms. The zero-order chi connectivity index (χ0) is 12.9. The Kier molecular flexibility index (Phi) is 4.89. The van der Waals surface area contributed by atoms with E-state index in [-0.39, 0.29) is 18.2 Å². The predicted octanol–water partition coefficient (Wildman–Crippen LogP) is -0.408. The van der Waals surface area contributed by atoms with Crippen molar-refractivity contribution in [1.82, 2.24) is 10.6 Å². The van der Waals surface area contributed by atoms with E-state index in [2.05, 4.69) is 10.6 Å². The van der Waals surface area contributed by atoms with E-state index in [9.17, 15) is 9.59 Å². The van der Waals surface area contributed by atoms with Gasteiger partial charge in [0.05, 0.1) is 13.2 Å². The number of carbonyl (C=O) groups excluding carboxylic acids is 1. The van der Waals surface area contributed by atoms with E-state index in [0.717, 1.165) is 13.1 Å². The molecule has 0 radical (unpaired) electrons. The molecule has 0 aromatic carbocycles. The SMILES string of the molecule is CC(C)(NC(=O)CC1CNCCOC1)C(=O)O. The summed E-state index contributed by atoms with van der Waals surface area (Å²) in [4.78, 5) is 22.5. The lowest BCUT2D eigenvalue weighted by molar-refractivity contribution is -0.146. The van der Waals surface area contributed by atoms with Crippen molar-refractivity contribution in [2.24, 2.45) is 5.92 Å². The first kappa shape index (κ1) is 13.9. The van der Waals surface area contributed by atoms with Crippen molar-refractivity contribution >= 4 is 11.9 Å². The van der Waals surface area contributed by atoms with Gasteiger partial charge in [-0.15, -0.1) is 0 Å². The molecular formula is C11H20N2O4. The van der Waals surface area contributed by atoms with Gasteiger partial charge >= 0.3 is 5.97 Å². The molecule has 3 N–H and O–H groups in total. The predicted molar refractivity (Wildman–Crippen MR) is 61.7 cm³/mol. The van der Waals surface area contributed by atoms with Gasteiger partial charge in [-0.2, -0.15) is 0 Å². The first-order chi connectivity index (χ1) is 7.92. The van der Waals surface area contributed by atoms with Crippen LogP contribution >= 0.6 is 0 Å². The van der Waals surface area contributed by atoms with E-state index in [4.69, 9.17) is 9.84 Å². The van der Waals surface area contributed by atoms with Crippen LogP contribution in [-0.4, -0.2) is 48.8 Å². The van der Waals surface area contributed by atoms with Crippen LogP contribution in [0, 0.1) is 5.92 Å². The quantitative estimate of drug-likeness (QED) is 0.626. The molecule has 1 atom stereocenters. The van der Waals surface area contributed by atoms with Crippen molar-refractivity contribution in [3.05, 3.63) is 0 Å². The summed E-state index contributed by atoms with van der Waals surface area (Å²) >= 11 is 0. The third-order valence-corrected chi connectivity index (χ3v) is 2.67. The van der Waals surface area contributed by atoms with Crippen LogP contribution in [-0.2, 0) is 14.3 Å². The number of carbonyl (C=O) groups is 2. The van der Waals surface area contributed by atoms with Crippen LogP contribution in [0.2, 0.25) is 0 Å². The third-order valence-electron chi connectivity index (χ3n) is 2.67. The maximum Gasteiger partial charge on any atom is 0.328 e. The van der Waals surface area contributed by atoms with Gasteiger partial charge in [-0.1, -0.05) is 0 Å². The van der Waals surface area contributed by atoms with E-state index < -0.39 is 11.5 Å². The van der Waals surface area contributed by atoms with Crippen LogP contribution in [0.15, 0.2) is 0 Å². The minimum absolute atomic E-state index is 0.0992. The largest absolute Gasteiger partial charge is 0.480 e. The molecule has 1 aliphatic rings. The van der Waals surface area contributed by atoms with Crippen LogP contribution in [0.25, 0.3) is 0 Å². The number of rotatable bonds is 4. The van der Waals surface area contributed by atoms with Gasteiger partial charge < -0.3 is 20.5 Å². The summed E-state index contributed by atoms with van der Waals surface area (Å²) in [5, 5.41) is 14.6. The lowest BCUT2D eigenvalue weighted by Gasteiger charge is -2.22. The Bertz CT molecular complexity index is 283. The molecule has 0 bridgehead atoms. The summed E-state index contributed by atoms with van der Waals surface area (Å²) in [6.45, 7) is 5.64. The molecule has 1 amide bonds. The summed E-state index contributed by atoms with van der Waals surface area (Å²) in [7, 11) is 0. The zero-order valence-corrected chi connectivity index (χ0v) is 10.3. The molecule has 1 fully saturated rings. The van der Waals surface area contributed by atoms with Crippen molar-refractivity contribution in [3.63, 3.8) is 0 Å². The minimum atomic E-state index is -1.23. The number of hydrogen-bond donors (Lipinski definition) is 3. The number of carboxylic acid groups (broad SMARTS) is 1. The Labute approximate surface area is 101 Å². The highest BCUT2D eigenvalue weighted by molar-refractivity contribution is 5.86. The molecule has 1 heterocycles. The Morgan fingerprint density at radius 2 is 2.24 bits per heavy atom. The monoisotopic (exact) mass is 244 g/mol. The number of aliphatic carboxylic acids is 1. The van der Waals surface area contributed by atoms with Crippen molar-refractivity contribution in [2.75, 3.05) is 26.3 Å². The van der Waals surface area contributed by atoms with E-state index in [1.165, 1.54) is 13.8 Å². The molecule has 0 saturated carbocycles. The smallest absolute Gasteiger partial charge is 0.328 e. The van der Waals surface area contributed by atoms with E-state index >= 15 is 0 Å². The summed E-state index contributed by atoms with van der Waals surface area (Å²) in [6, 6.07) is 0. The van der Waals surface area contributed by atoms with Crippen LogP contribution in [0.3, 0.4) is 0 Å². The molecule has 1 unspecified atom stereocenters. The number of nitrogens with one attached hydrogen (secondary N) is 2. The second kappa shape index (κ2) is 5.97. The molecule has 0 aliphatic carbocycles. The summed E-state index contributed by atoms with van der Waals surface area (Å²) < 4.78 is 5.33. The number of amides is 1. The van der Waals surface area contributed by atoms with Gasteiger partial charge in [-0.3, -0.25) is 4.79 Å². The van der Waals surface area contributed by atoms with Crippen molar-refractivity contribution in [2.45, 2.75) is 25.8 Å². The normalized spacial score (nSPS) is 21.6. The Balaban J connectivity index is 2.40. The fourth-order valence-corrected chi connectivity index (χ4v) is 1.61. The Morgan fingerprint density at radius 3 is 2.88 bits per heavy atom. The van der Waals surface area contributed by atoms with Crippen LogP contribution in [0.4, 0.5) is 0 Å². The average Bonchev–Trinajstić information content (AvgIpc) is 2.45. The summed E-state index contributed by atoms with van der Waals surface area (Å²) in [6.07, 6.45) is 0.281. The molecule has 6 nitrogen and oxygen atoms in total. The number of hydrogen-bond acceptors (Lipinski definition) is 4. The van der Waals surface area contributed by atoms with E-state index in [0.29, 0.717) is 13.2 Å². The highest BCUT2D eigenvalue weighted by Crippen LogP contribution is 2.08. The second-order valence-corrected chi connectivity index (χ2v) is 4.83. The standard InChI is InChI=1S/C11H20N2O4/c1-11(2,10(15)16)13-9(14)5-8-6-12-3-4-17-7-8/h8,12H,3-7H2,1-2H3,(H,13,14)(H,15,16). The highest BCUT2D eigenvalue weighted by atomic mass is 16.5. The molecular weight excluding hydrogens is 224 g/mol. The molecule has 1 rings (SSSR count). The Hall–Kier alpha value is -1.14. The van der Waals surface area contributed by atoms with Gasteiger partial charge in [-0.25, -0.2) is 4.79 Å². The molecule has 1 aliphatic heterocycles. The van der Waals surface area contributed by atoms with Crippen molar-refractivity contribution < 1.29 is 19.4 Å². The van der Waals surface area contributed by atoms with E-state index in [1.54, 1.807) is 0 Å². The highest BCUT2D eigenvalue weighted by Gasteiger charge is 2.29. The fraction of sp³-hybridized carbons (Fsp3) is 0.818. The van der Waals surface area contributed by atoms with Gasteiger partial charge in [0.15, 0.2) is 0 Å². The van der Waals surface area contributed by atoms with Gasteiger partial charge in [0.2, 0.25) is 5.91 Å². The van der Waals surface area contributed by atoms with Crippen molar-refractivity contribution in [1.29, 1.82) is 0 Å². The van der Waals surface area contributed by atoms with Gasteiger partial charge in [0.25, 0.3) is 0 Å². The third kappa shape index (κ3) is 4.70. The fourth-order valence-electron chi connectivity index (χ4n) is 1.61. The first-order valence-electron chi connectivity index (χ1n) is 5.74. The average molecular weight is 244 g/mol. The second-order valence-electron chi connectivity index (χ2n) is 4.83. The van der Waals surface area contributed by atoms with Gasteiger partial charge in [-0.05, 0) is 13.8 Å². The number of carboxylic acids is 1. The first-order valence-corrected chi connectivity index (χ1v) is 5.74. The van der Waals surface area contributed by atoms with Crippen LogP contribution in [0.5, 0.6) is 0 Å². The summed E-state index contributed by atoms with van der Waals surface area (Å²) in [5.41, 5.74) is -1.23. The molecule has 98 valence electrons. The van der Waals surface area contributed by atoms with Crippen LogP contribution in [0.1, 0.15) is 20.3 Å². The molecule has 6 heteroatoms. The van der Waals surface area contributed by atoms with Crippen molar-refractivity contribution in [3.8, 4) is 0 Å². The lowest BCUT2D eigenvalue weighted by Crippen LogP contribution is -2.50. The molecule has 1 saturated heterocycles. The molecule has 0 aromatic rings. The summed E-state index contributed by atoms with van der Waals surface area (Å²) in [5.74, 6) is -1.20.